The monoisotopic (exact) mass is 288 g/mol. The van der Waals surface area contributed by atoms with Gasteiger partial charge in [0, 0.05) is 31.7 Å². The standard InChI is InChI=1S/C18H28N2O/c1-3-16-13-19-10-5-4-8-17(19)14-20(16)12-15-7-6-9-18(11-15)21-2/h6-7,9,11,16-17H,3-5,8,10,12-14H2,1-2H3. The quantitative estimate of drug-likeness (QED) is 0.846. The number of ether oxygens (including phenoxy) is 1. The normalized spacial score (nSPS) is 27.3. The highest BCUT2D eigenvalue weighted by Gasteiger charge is 2.33. The van der Waals surface area contributed by atoms with E-state index >= 15 is 0 Å². The maximum Gasteiger partial charge on any atom is 0.119 e. The maximum absolute atomic E-state index is 5.36. The zero-order chi connectivity index (χ0) is 14.7. The average molecular weight is 288 g/mol. The van der Waals surface area contributed by atoms with E-state index in [0.29, 0.717) is 6.04 Å². The van der Waals surface area contributed by atoms with Crippen LogP contribution in [0.25, 0.3) is 0 Å². The second-order valence-corrected chi connectivity index (χ2v) is 6.49. The van der Waals surface area contributed by atoms with E-state index in [9.17, 15) is 0 Å². The average Bonchev–Trinajstić information content (AvgIpc) is 2.54. The number of methoxy groups -OCH3 is 1. The number of nitrogens with zero attached hydrogens (tertiary/aromatic N) is 2. The van der Waals surface area contributed by atoms with Crippen molar-refractivity contribution in [2.45, 2.75) is 51.2 Å². The van der Waals surface area contributed by atoms with E-state index in [4.69, 9.17) is 4.74 Å². The van der Waals surface area contributed by atoms with E-state index in [1.165, 1.54) is 50.9 Å². The Hall–Kier alpha value is -1.06. The van der Waals surface area contributed by atoms with E-state index in [1.54, 1.807) is 7.11 Å². The summed E-state index contributed by atoms with van der Waals surface area (Å²) in [5.41, 5.74) is 1.37. The van der Waals surface area contributed by atoms with Gasteiger partial charge in [0.05, 0.1) is 7.11 Å². The largest absolute Gasteiger partial charge is 0.497 e. The van der Waals surface area contributed by atoms with Crippen molar-refractivity contribution in [2.75, 3.05) is 26.7 Å². The third-order valence-corrected chi connectivity index (χ3v) is 5.15. The first-order chi connectivity index (χ1) is 10.3. The van der Waals surface area contributed by atoms with Gasteiger partial charge in [-0.15, -0.1) is 0 Å². The summed E-state index contributed by atoms with van der Waals surface area (Å²) in [5.74, 6) is 0.969. The second-order valence-electron chi connectivity index (χ2n) is 6.49. The Labute approximate surface area is 128 Å². The van der Waals surface area contributed by atoms with Crippen LogP contribution in [0.15, 0.2) is 24.3 Å². The Kier molecular flexibility index (Phi) is 4.81. The molecule has 2 heterocycles. The molecule has 0 aliphatic carbocycles. The minimum Gasteiger partial charge on any atom is -0.497 e. The summed E-state index contributed by atoms with van der Waals surface area (Å²) in [5, 5.41) is 0. The van der Waals surface area contributed by atoms with E-state index in [0.717, 1.165) is 18.3 Å². The minimum atomic E-state index is 0.700. The highest BCUT2D eigenvalue weighted by Crippen LogP contribution is 2.27. The van der Waals surface area contributed by atoms with Crippen molar-refractivity contribution in [3.63, 3.8) is 0 Å². The fourth-order valence-corrected chi connectivity index (χ4v) is 3.90. The van der Waals surface area contributed by atoms with Crippen LogP contribution in [0.3, 0.4) is 0 Å². The molecule has 0 amide bonds. The SMILES string of the molecule is CCC1CN2CCCCC2CN1Cc1cccc(OC)c1. The van der Waals surface area contributed by atoms with Crippen LogP contribution in [0.5, 0.6) is 5.75 Å². The molecule has 1 aromatic rings. The summed E-state index contributed by atoms with van der Waals surface area (Å²) >= 11 is 0. The van der Waals surface area contributed by atoms with Gasteiger partial charge in [0.25, 0.3) is 0 Å². The number of piperidine rings is 1. The van der Waals surface area contributed by atoms with Crippen molar-refractivity contribution in [1.29, 1.82) is 0 Å². The number of piperazine rings is 1. The highest BCUT2D eigenvalue weighted by atomic mass is 16.5. The number of rotatable bonds is 4. The van der Waals surface area contributed by atoms with Crippen molar-refractivity contribution in [2.24, 2.45) is 0 Å². The molecule has 0 saturated carbocycles. The van der Waals surface area contributed by atoms with Crippen LogP contribution < -0.4 is 4.74 Å². The lowest BCUT2D eigenvalue weighted by Gasteiger charge is -2.48. The zero-order valence-corrected chi connectivity index (χ0v) is 13.4. The van der Waals surface area contributed by atoms with Gasteiger partial charge in [0.2, 0.25) is 0 Å². The fourth-order valence-electron chi connectivity index (χ4n) is 3.90. The van der Waals surface area contributed by atoms with Gasteiger partial charge in [0.1, 0.15) is 5.75 Å². The van der Waals surface area contributed by atoms with Crippen LogP contribution in [-0.4, -0.2) is 48.6 Å². The smallest absolute Gasteiger partial charge is 0.119 e. The van der Waals surface area contributed by atoms with Gasteiger partial charge in [0.15, 0.2) is 0 Å². The van der Waals surface area contributed by atoms with Gasteiger partial charge in [-0.05, 0) is 43.5 Å². The molecular weight excluding hydrogens is 260 g/mol. The molecule has 1 aromatic carbocycles. The third kappa shape index (κ3) is 3.41. The Morgan fingerprint density at radius 1 is 1.24 bits per heavy atom. The first-order valence-electron chi connectivity index (χ1n) is 8.41. The minimum absolute atomic E-state index is 0.700. The molecule has 3 rings (SSSR count). The Morgan fingerprint density at radius 3 is 2.95 bits per heavy atom. The topological polar surface area (TPSA) is 15.7 Å². The van der Waals surface area contributed by atoms with E-state index < -0.39 is 0 Å². The van der Waals surface area contributed by atoms with Gasteiger partial charge in [-0.1, -0.05) is 25.5 Å². The lowest BCUT2D eigenvalue weighted by molar-refractivity contribution is 0.00325. The van der Waals surface area contributed by atoms with E-state index in [1.807, 2.05) is 6.07 Å². The van der Waals surface area contributed by atoms with Gasteiger partial charge in [-0.2, -0.15) is 0 Å². The molecule has 2 atom stereocenters. The Balaban J connectivity index is 1.70. The highest BCUT2D eigenvalue weighted by molar-refractivity contribution is 5.28. The van der Waals surface area contributed by atoms with E-state index in [2.05, 4.69) is 34.9 Å². The first-order valence-corrected chi connectivity index (χ1v) is 8.41. The third-order valence-electron chi connectivity index (χ3n) is 5.15. The summed E-state index contributed by atoms with van der Waals surface area (Å²) in [4.78, 5) is 5.43. The Bertz CT molecular complexity index is 462. The fraction of sp³-hybridized carbons (Fsp3) is 0.667. The van der Waals surface area contributed by atoms with Crippen LogP contribution in [-0.2, 0) is 6.54 Å². The lowest BCUT2D eigenvalue weighted by Crippen LogP contribution is -2.58. The molecule has 0 spiro atoms. The molecule has 0 N–H and O–H groups in total. The molecular formula is C18H28N2O. The van der Waals surface area contributed by atoms with Crippen molar-refractivity contribution in [1.82, 2.24) is 9.80 Å². The van der Waals surface area contributed by atoms with Crippen molar-refractivity contribution in [3.05, 3.63) is 29.8 Å². The molecule has 21 heavy (non-hydrogen) atoms. The van der Waals surface area contributed by atoms with Crippen molar-refractivity contribution < 1.29 is 4.74 Å². The molecule has 2 fully saturated rings. The Morgan fingerprint density at radius 2 is 2.14 bits per heavy atom. The lowest BCUT2D eigenvalue weighted by atomic mass is 9.95. The molecule has 116 valence electrons. The first kappa shape index (κ1) is 14.9. The summed E-state index contributed by atoms with van der Waals surface area (Å²) in [6.45, 7) is 7.18. The number of hydrogen-bond acceptors (Lipinski definition) is 3. The predicted octanol–water partition coefficient (Wildman–Crippen LogP) is 3.14. The number of fused-ring (bicyclic) bond motifs is 1. The van der Waals surface area contributed by atoms with Gasteiger partial charge in [-0.3, -0.25) is 9.80 Å². The summed E-state index contributed by atoms with van der Waals surface area (Å²) < 4.78 is 5.36. The molecule has 3 heteroatoms. The molecule has 0 aromatic heterocycles. The number of hydrogen-bond donors (Lipinski definition) is 0. The van der Waals surface area contributed by atoms with Gasteiger partial charge in [-0.25, -0.2) is 0 Å². The van der Waals surface area contributed by atoms with Gasteiger partial charge >= 0.3 is 0 Å². The summed E-state index contributed by atoms with van der Waals surface area (Å²) in [6, 6.07) is 10.0. The van der Waals surface area contributed by atoms with Crippen LogP contribution in [0.4, 0.5) is 0 Å². The molecule has 2 aliphatic rings. The maximum atomic E-state index is 5.36. The molecule has 3 nitrogen and oxygen atoms in total. The van der Waals surface area contributed by atoms with Gasteiger partial charge < -0.3 is 4.74 Å². The molecule has 2 unspecified atom stereocenters. The molecule has 2 saturated heterocycles. The molecule has 0 bridgehead atoms. The zero-order valence-electron chi connectivity index (χ0n) is 13.4. The van der Waals surface area contributed by atoms with Crippen LogP contribution >= 0.6 is 0 Å². The number of benzene rings is 1. The predicted molar refractivity (Wildman–Crippen MR) is 86.7 cm³/mol. The van der Waals surface area contributed by atoms with Crippen molar-refractivity contribution >= 4 is 0 Å². The van der Waals surface area contributed by atoms with Crippen molar-refractivity contribution in [3.8, 4) is 5.75 Å². The van der Waals surface area contributed by atoms with E-state index in [-0.39, 0.29) is 0 Å². The van der Waals surface area contributed by atoms with Crippen LogP contribution in [0.1, 0.15) is 38.2 Å². The van der Waals surface area contributed by atoms with Crippen LogP contribution in [0, 0.1) is 0 Å². The molecule has 2 aliphatic heterocycles. The van der Waals surface area contributed by atoms with Crippen LogP contribution in [0.2, 0.25) is 0 Å². The summed E-state index contributed by atoms with van der Waals surface area (Å²) in [6.07, 6.45) is 5.42. The molecule has 0 radical (unpaired) electrons. The summed E-state index contributed by atoms with van der Waals surface area (Å²) in [7, 11) is 1.74. The second kappa shape index (κ2) is 6.80.